The van der Waals surface area contributed by atoms with Gasteiger partial charge in [0, 0.05) is 29.9 Å². The summed E-state index contributed by atoms with van der Waals surface area (Å²) in [5.74, 6) is -0.165. The summed E-state index contributed by atoms with van der Waals surface area (Å²) in [6.07, 6.45) is 1.99. The molecule has 6 heteroatoms. The molecule has 0 atom stereocenters. The molecule has 2 rings (SSSR count). The average molecular weight is 367 g/mol. The molecule has 0 bridgehead atoms. The van der Waals surface area contributed by atoms with E-state index in [1.54, 1.807) is 29.3 Å². The van der Waals surface area contributed by atoms with Crippen LogP contribution >= 0.6 is 23.2 Å². The molecule has 0 spiro atoms. The minimum atomic E-state index is -0.212. The second-order valence-electron chi connectivity index (χ2n) is 5.51. The van der Waals surface area contributed by atoms with Crippen LogP contribution in [0, 0.1) is 6.92 Å². The molecule has 1 aromatic heterocycles. The van der Waals surface area contributed by atoms with Crippen molar-refractivity contribution in [1.29, 1.82) is 0 Å². The van der Waals surface area contributed by atoms with Crippen molar-refractivity contribution in [2.75, 3.05) is 13.1 Å². The normalized spacial score (nSPS) is 10.7. The van der Waals surface area contributed by atoms with Crippen molar-refractivity contribution in [1.82, 2.24) is 9.88 Å². The first kappa shape index (κ1) is 18.6. The highest BCUT2D eigenvalue weighted by atomic mass is 35.5. The zero-order chi connectivity index (χ0) is 17.9. The number of hydrogen-bond acceptors (Lipinski definition) is 2. The second kappa shape index (κ2) is 7.86. The molecule has 0 aliphatic heterocycles. The van der Waals surface area contributed by atoms with Crippen LogP contribution in [0.15, 0.2) is 24.4 Å². The van der Waals surface area contributed by atoms with Gasteiger partial charge in [0.25, 0.3) is 0 Å². The van der Waals surface area contributed by atoms with Gasteiger partial charge in [-0.25, -0.2) is 0 Å². The number of carbonyl (C=O) groups is 2. The number of rotatable bonds is 6. The molecule has 1 N–H and O–H groups in total. The number of halogens is 2. The summed E-state index contributed by atoms with van der Waals surface area (Å²) in [4.78, 5) is 29.7. The van der Waals surface area contributed by atoms with Crippen LogP contribution in [0.5, 0.6) is 0 Å². The number of likely N-dealkylation sites (N-methyl/N-ethyl adjacent to an activating group) is 1. The molecule has 128 valence electrons. The van der Waals surface area contributed by atoms with Gasteiger partial charge in [-0.3, -0.25) is 9.59 Å². The van der Waals surface area contributed by atoms with Gasteiger partial charge in [0.05, 0.1) is 17.1 Å². The summed E-state index contributed by atoms with van der Waals surface area (Å²) in [6.45, 7) is 7.07. The Balaban J connectivity index is 2.26. The van der Waals surface area contributed by atoms with Crippen molar-refractivity contribution in [2.45, 2.75) is 27.2 Å². The Morgan fingerprint density at radius 1 is 1.17 bits per heavy atom. The number of H-pyrrole nitrogens is 1. The molecule has 0 radical (unpaired) electrons. The third kappa shape index (κ3) is 3.82. The van der Waals surface area contributed by atoms with Crippen molar-refractivity contribution < 1.29 is 9.59 Å². The zero-order valence-electron chi connectivity index (χ0n) is 14.0. The van der Waals surface area contributed by atoms with E-state index in [0.717, 1.165) is 11.1 Å². The molecule has 1 aromatic carbocycles. The zero-order valence-corrected chi connectivity index (χ0v) is 15.5. The van der Waals surface area contributed by atoms with E-state index in [1.165, 1.54) is 0 Å². The first-order valence-electron chi connectivity index (χ1n) is 7.83. The molecule has 0 saturated carbocycles. The summed E-state index contributed by atoms with van der Waals surface area (Å²) in [5.41, 5.74) is 2.42. The molecule has 0 aliphatic carbocycles. The highest BCUT2D eigenvalue weighted by Gasteiger charge is 2.20. The van der Waals surface area contributed by atoms with E-state index in [-0.39, 0.29) is 18.1 Å². The van der Waals surface area contributed by atoms with Gasteiger partial charge in [-0.05, 0) is 50.1 Å². The summed E-state index contributed by atoms with van der Waals surface area (Å²) < 4.78 is 0. The lowest BCUT2D eigenvalue weighted by atomic mass is 10.0. The van der Waals surface area contributed by atoms with Gasteiger partial charge >= 0.3 is 0 Å². The molecular formula is C18H20Cl2N2O2. The number of aromatic nitrogens is 1. The van der Waals surface area contributed by atoms with Crippen molar-refractivity contribution in [2.24, 2.45) is 0 Å². The monoisotopic (exact) mass is 366 g/mol. The first-order valence-corrected chi connectivity index (χ1v) is 8.58. The van der Waals surface area contributed by atoms with E-state index < -0.39 is 0 Å². The van der Waals surface area contributed by atoms with E-state index >= 15 is 0 Å². The topological polar surface area (TPSA) is 53.2 Å². The Morgan fingerprint density at radius 3 is 2.42 bits per heavy atom. The number of nitrogens with zero attached hydrogens (tertiary/aromatic N) is 1. The van der Waals surface area contributed by atoms with Crippen molar-refractivity contribution in [3.05, 3.63) is 56.8 Å². The second-order valence-corrected chi connectivity index (χ2v) is 6.35. The molecular weight excluding hydrogens is 347 g/mol. The van der Waals surface area contributed by atoms with Crippen LogP contribution in [0.1, 0.15) is 41.0 Å². The minimum Gasteiger partial charge on any atom is -0.358 e. The number of hydrogen-bond donors (Lipinski definition) is 1. The maximum absolute atomic E-state index is 12.7. The van der Waals surface area contributed by atoms with Crippen LogP contribution in [-0.2, 0) is 11.2 Å². The van der Waals surface area contributed by atoms with Gasteiger partial charge in [-0.1, -0.05) is 23.2 Å². The fourth-order valence-corrected chi connectivity index (χ4v) is 3.11. The van der Waals surface area contributed by atoms with Crippen LogP contribution in [-0.4, -0.2) is 34.7 Å². The van der Waals surface area contributed by atoms with Gasteiger partial charge in [0.2, 0.25) is 11.7 Å². The number of nitrogens with one attached hydrogen (secondary N) is 1. The average Bonchev–Trinajstić information content (AvgIpc) is 2.89. The Hall–Kier alpha value is -1.78. The smallest absolute Gasteiger partial charge is 0.227 e. The van der Waals surface area contributed by atoms with Crippen molar-refractivity contribution >= 4 is 34.9 Å². The highest BCUT2D eigenvalue weighted by Crippen LogP contribution is 2.25. The third-order valence-electron chi connectivity index (χ3n) is 4.11. The van der Waals surface area contributed by atoms with Gasteiger partial charge in [0.1, 0.15) is 0 Å². The van der Waals surface area contributed by atoms with Crippen LogP contribution in [0.2, 0.25) is 10.0 Å². The first-order chi connectivity index (χ1) is 11.4. The third-order valence-corrected chi connectivity index (χ3v) is 4.66. The summed E-state index contributed by atoms with van der Waals surface area (Å²) >= 11 is 12.0. The van der Waals surface area contributed by atoms with Crippen molar-refractivity contribution in [3.63, 3.8) is 0 Å². The number of amides is 1. The summed E-state index contributed by atoms with van der Waals surface area (Å²) in [7, 11) is 0. The summed E-state index contributed by atoms with van der Waals surface area (Å²) in [5, 5.41) is 0.785. The number of aromatic amines is 1. The van der Waals surface area contributed by atoms with E-state index in [0.29, 0.717) is 34.4 Å². The fourth-order valence-electron chi connectivity index (χ4n) is 2.62. The molecule has 0 fully saturated rings. The number of carbonyl (C=O) groups excluding carboxylic acids is 2. The molecule has 24 heavy (non-hydrogen) atoms. The predicted molar refractivity (Wildman–Crippen MR) is 97.1 cm³/mol. The lowest BCUT2D eigenvalue weighted by molar-refractivity contribution is -0.130. The Labute approximate surface area is 151 Å². The number of benzene rings is 1. The lowest BCUT2D eigenvalue weighted by Crippen LogP contribution is -2.31. The molecule has 0 unspecified atom stereocenters. The maximum atomic E-state index is 12.7. The molecule has 1 heterocycles. The molecule has 4 nitrogen and oxygen atoms in total. The lowest BCUT2D eigenvalue weighted by Gasteiger charge is -2.18. The highest BCUT2D eigenvalue weighted by molar-refractivity contribution is 6.37. The van der Waals surface area contributed by atoms with E-state index in [4.69, 9.17) is 23.2 Å². The van der Waals surface area contributed by atoms with Crippen LogP contribution in [0.25, 0.3) is 0 Å². The van der Waals surface area contributed by atoms with Gasteiger partial charge in [-0.15, -0.1) is 0 Å². The fraction of sp³-hybridized carbons (Fsp3) is 0.333. The standard InChI is InChI=1S/C18H20Cl2N2O2/c1-4-22(5-2)16(23)8-12-10-21-17(11(12)3)18(24)14-7-6-13(19)9-15(14)20/h6-7,9-10,21H,4-5,8H2,1-3H3. The van der Waals surface area contributed by atoms with Crippen LogP contribution in [0.4, 0.5) is 0 Å². The maximum Gasteiger partial charge on any atom is 0.227 e. The Bertz CT molecular complexity index is 764. The molecule has 2 aromatic rings. The molecule has 1 amide bonds. The van der Waals surface area contributed by atoms with Crippen LogP contribution in [0.3, 0.4) is 0 Å². The molecule has 0 aliphatic rings. The van der Waals surface area contributed by atoms with Gasteiger partial charge in [-0.2, -0.15) is 0 Å². The van der Waals surface area contributed by atoms with Gasteiger partial charge < -0.3 is 9.88 Å². The van der Waals surface area contributed by atoms with Crippen molar-refractivity contribution in [3.8, 4) is 0 Å². The quantitative estimate of drug-likeness (QED) is 0.775. The van der Waals surface area contributed by atoms with E-state index in [1.807, 2.05) is 20.8 Å². The Morgan fingerprint density at radius 2 is 1.83 bits per heavy atom. The minimum absolute atomic E-state index is 0.0469. The SMILES string of the molecule is CCN(CC)C(=O)Cc1c[nH]c(C(=O)c2ccc(Cl)cc2Cl)c1C. The van der Waals surface area contributed by atoms with E-state index in [2.05, 4.69) is 4.98 Å². The van der Waals surface area contributed by atoms with E-state index in [9.17, 15) is 9.59 Å². The number of ketones is 1. The molecule has 0 saturated heterocycles. The predicted octanol–water partition coefficient (Wildman–Crippen LogP) is 4.27. The largest absolute Gasteiger partial charge is 0.358 e. The van der Waals surface area contributed by atoms with Crippen LogP contribution < -0.4 is 0 Å². The van der Waals surface area contributed by atoms with Gasteiger partial charge in [0.15, 0.2) is 0 Å². The Kier molecular flexibility index (Phi) is 6.08. The summed E-state index contributed by atoms with van der Waals surface area (Å²) in [6, 6.07) is 4.77.